The Balaban J connectivity index is 1.46. The molecule has 2 aliphatic heterocycles. The summed E-state index contributed by atoms with van der Waals surface area (Å²) in [4.78, 5) is 0. The summed E-state index contributed by atoms with van der Waals surface area (Å²) in [7, 11) is 0. The third kappa shape index (κ3) is 3.52. The molecule has 0 saturated carbocycles. The normalized spacial score (nSPS) is 28.6. The van der Waals surface area contributed by atoms with E-state index in [-0.39, 0.29) is 6.04 Å². The zero-order chi connectivity index (χ0) is 22.2. The molecule has 3 heteroatoms. The van der Waals surface area contributed by atoms with Crippen LogP contribution < -0.4 is 21.3 Å². The van der Waals surface area contributed by atoms with Gasteiger partial charge in [-0.3, -0.25) is 0 Å². The predicted molar refractivity (Wildman–Crippen MR) is 136 cm³/mol. The monoisotopic (exact) mass is 434 g/mol. The van der Waals surface area contributed by atoms with Gasteiger partial charge in [0.05, 0.1) is 6.04 Å². The van der Waals surface area contributed by atoms with Crippen LogP contribution in [-0.2, 0) is 0 Å². The Morgan fingerprint density at radius 3 is 2.73 bits per heavy atom. The van der Waals surface area contributed by atoms with E-state index < -0.39 is 0 Å². The van der Waals surface area contributed by atoms with Gasteiger partial charge in [0.2, 0.25) is 0 Å². The van der Waals surface area contributed by atoms with Gasteiger partial charge < -0.3 is 15.1 Å². The number of nitrogens with one attached hydrogen (secondary N) is 2. The van der Waals surface area contributed by atoms with Crippen LogP contribution in [0.1, 0.15) is 13.3 Å². The van der Waals surface area contributed by atoms with Gasteiger partial charge >= 0.3 is 0 Å². The molecule has 0 fully saturated rings. The van der Waals surface area contributed by atoms with Crippen molar-refractivity contribution in [3.63, 3.8) is 0 Å². The summed E-state index contributed by atoms with van der Waals surface area (Å²) in [6.45, 7) is 3.33. The molecule has 0 bridgehead atoms. The molecule has 3 heterocycles. The second-order valence-corrected chi connectivity index (χ2v) is 9.39. The molecule has 166 valence electrons. The van der Waals surface area contributed by atoms with Crippen molar-refractivity contribution in [3.05, 3.63) is 108 Å². The number of fused-ring (bicyclic) bond motifs is 3. The lowest BCUT2D eigenvalue weighted by Crippen LogP contribution is -2.43. The molecule has 6 rings (SSSR count). The van der Waals surface area contributed by atoms with Crippen LogP contribution in [0.3, 0.4) is 0 Å². The van der Waals surface area contributed by atoms with E-state index in [2.05, 4.69) is 115 Å². The standard InChI is InChI=1S/C30H30N2O/c1-20(21-10-2-3-11-23(21)26-13-6-8-18-31-26)22-16-17-25-24-12-4-5-15-28(24)33-30(25)29(22)27-14-7-9-19-32-27/h2-15,17,19-23,27,31-32H,16,18H2,1H3/t20-,21-,22+,23?,27?/m1/s1. The van der Waals surface area contributed by atoms with Crippen LogP contribution in [-0.4, -0.2) is 12.6 Å². The molecule has 0 radical (unpaired) electrons. The third-order valence-corrected chi connectivity index (χ3v) is 7.61. The Hall–Kier alpha value is -3.46. The molecule has 1 aromatic heterocycles. The molecule has 2 N–H and O–H groups in total. The molecule has 3 nitrogen and oxygen atoms in total. The van der Waals surface area contributed by atoms with Gasteiger partial charge in [-0.1, -0.05) is 79.8 Å². The minimum atomic E-state index is 0.145. The second kappa shape index (κ2) is 8.47. The smallest absolute Gasteiger partial charge is 0.136 e. The van der Waals surface area contributed by atoms with Crippen LogP contribution in [0.25, 0.3) is 22.6 Å². The van der Waals surface area contributed by atoms with Gasteiger partial charge in [-0.2, -0.15) is 0 Å². The zero-order valence-corrected chi connectivity index (χ0v) is 18.9. The van der Waals surface area contributed by atoms with E-state index in [0.29, 0.717) is 23.7 Å². The number of hydrogen-bond donors (Lipinski definition) is 2. The van der Waals surface area contributed by atoms with Gasteiger partial charge in [0.15, 0.2) is 0 Å². The molecular weight excluding hydrogens is 404 g/mol. The molecule has 0 saturated heterocycles. The van der Waals surface area contributed by atoms with E-state index in [1.165, 1.54) is 21.9 Å². The van der Waals surface area contributed by atoms with Crippen molar-refractivity contribution in [3.8, 4) is 0 Å². The maximum atomic E-state index is 6.54. The number of allylic oxidation sites excluding steroid dienone is 8. The number of furan rings is 1. The molecule has 0 spiro atoms. The molecule has 1 aromatic carbocycles. The minimum Gasteiger partial charge on any atom is -0.456 e. The van der Waals surface area contributed by atoms with Crippen molar-refractivity contribution in [1.82, 2.24) is 10.6 Å². The second-order valence-electron chi connectivity index (χ2n) is 9.39. The highest BCUT2D eigenvalue weighted by Crippen LogP contribution is 2.41. The number of dihydropyridines is 2. The summed E-state index contributed by atoms with van der Waals surface area (Å²) >= 11 is 0. The highest BCUT2D eigenvalue weighted by Gasteiger charge is 2.37. The lowest BCUT2D eigenvalue weighted by atomic mass is 9.68. The number of hydrogen-bond acceptors (Lipinski definition) is 3. The first-order chi connectivity index (χ1) is 16.3. The summed E-state index contributed by atoms with van der Waals surface area (Å²) in [6, 6.07) is 8.57. The highest BCUT2D eigenvalue weighted by molar-refractivity contribution is 5.80. The SMILES string of the molecule is C[C@@H]([C@@H]1CC=c2c(oc3ccccc23)=C1C1C=CC=CN1)[C@H]1C=CC=CC1C1=CC=CCN1. The fraction of sp³-hybridized carbons (Fsp3) is 0.267. The van der Waals surface area contributed by atoms with Crippen molar-refractivity contribution in [2.45, 2.75) is 19.4 Å². The number of para-hydroxylation sites is 1. The predicted octanol–water partition coefficient (Wildman–Crippen LogP) is 4.46. The lowest BCUT2D eigenvalue weighted by molar-refractivity contribution is 0.290. The Bertz CT molecular complexity index is 1360. The van der Waals surface area contributed by atoms with Gasteiger partial charge in [0.25, 0.3) is 0 Å². The molecule has 33 heavy (non-hydrogen) atoms. The van der Waals surface area contributed by atoms with Crippen molar-refractivity contribution in [2.75, 3.05) is 6.54 Å². The Morgan fingerprint density at radius 1 is 1.00 bits per heavy atom. The van der Waals surface area contributed by atoms with Crippen molar-refractivity contribution in [2.24, 2.45) is 23.7 Å². The van der Waals surface area contributed by atoms with Crippen LogP contribution in [0.4, 0.5) is 0 Å². The van der Waals surface area contributed by atoms with Gasteiger partial charge in [-0.25, -0.2) is 0 Å². The van der Waals surface area contributed by atoms with Gasteiger partial charge in [0, 0.05) is 34.3 Å². The highest BCUT2D eigenvalue weighted by atomic mass is 16.3. The van der Waals surface area contributed by atoms with Crippen LogP contribution in [0.5, 0.6) is 0 Å². The summed E-state index contributed by atoms with van der Waals surface area (Å²) in [5.41, 5.74) is 4.73. The van der Waals surface area contributed by atoms with Crippen molar-refractivity contribution in [1.29, 1.82) is 0 Å². The van der Waals surface area contributed by atoms with E-state index in [9.17, 15) is 0 Å². The van der Waals surface area contributed by atoms with E-state index in [1.807, 2.05) is 0 Å². The lowest BCUT2D eigenvalue weighted by Gasteiger charge is -2.39. The van der Waals surface area contributed by atoms with E-state index in [1.54, 1.807) is 0 Å². The van der Waals surface area contributed by atoms with Crippen LogP contribution in [0.15, 0.2) is 101 Å². The van der Waals surface area contributed by atoms with Gasteiger partial charge in [-0.05, 0) is 48.6 Å². The quantitative estimate of drug-likeness (QED) is 0.746. The average molecular weight is 435 g/mol. The summed E-state index contributed by atoms with van der Waals surface area (Å²) in [5.74, 6) is 1.61. The first-order valence-corrected chi connectivity index (χ1v) is 12.1. The van der Waals surface area contributed by atoms with Gasteiger partial charge in [0.1, 0.15) is 11.0 Å². The Kier molecular flexibility index (Phi) is 5.18. The van der Waals surface area contributed by atoms with E-state index >= 15 is 0 Å². The first kappa shape index (κ1) is 20.2. The Morgan fingerprint density at radius 2 is 1.88 bits per heavy atom. The summed E-state index contributed by atoms with van der Waals surface area (Å²) in [5, 5.41) is 9.67. The van der Waals surface area contributed by atoms with Crippen LogP contribution >= 0.6 is 0 Å². The molecule has 5 atom stereocenters. The summed E-state index contributed by atoms with van der Waals surface area (Å²) in [6.07, 6.45) is 27.7. The summed E-state index contributed by atoms with van der Waals surface area (Å²) < 4.78 is 6.54. The number of benzene rings is 1. The zero-order valence-electron chi connectivity index (χ0n) is 18.9. The first-order valence-electron chi connectivity index (χ1n) is 12.1. The molecular formula is C30H30N2O. The molecule has 2 aromatic rings. The molecule has 4 aliphatic rings. The van der Waals surface area contributed by atoms with Crippen molar-refractivity contribution >= 4 is 22.6 Å². The molecule has 2 unspecified atom stereocenters. The molecule has 2 aliphatic carbocycles. The van der Waals surface area contributed by atoms with Crippen LogP contribution in [0, 0.1) is 23.7 Å². The topological polar surface area (TPSA) is 37.2 Å². The fourth-order valence-corrected chi connectivity index (χ4v) is 5.94. The van der Waals surface area contributed by atoms with Crippen molar-refractivity contribution < 1.29 is 4.42 Å². The van der Waals surface area contributed by atoms with Crippen LogP contribution in [0.2, 0.25) is 0 Å². The van der Waals surface area contributed by atoms with Gasteiger partial charge in [-0.15, -0.1) is 0 Å². The molecule has 0 amide bonds. The maximum absolute atomic E-state index is 6.54. The van der Waals surface area contributed by atoms with E-state index in [4.69, 9.17) is 4.42 Å². The number of rotatable bonds is 4. The maximum Gasteiger partial charge on any atom is 0.136 e. The average Bonchev–Trinajstić information content (AvgIpc) is 3.27. The minimum absolute atomic E-state index is 0.145. The van der Waals surface area contributed by atoms with E-state index in [0.717, 1.165) is 24.0 Å². The fourth-order valence-electron chi connectivity index (χ4n) is 5.94. The Labute approximate surface area is 194 Å². The third-order valence-electron chi connectivity index (χ3n) is 7.61. The largest absolute Gasteiger partial charge is 0.456 e.